The summed E-state index contributed by atoms with van der Waals surface area (Å²) in [4.78, 5) is 48.8. The van der Waals surface area contributed by atoms with Gasteiger partial charge < -0.3 is 20.4 Å². The number of carboxylic acid groups (broad SMARTS) is 2. The smallest absolute Gasteiger partial charge is 0.328 e. The minimum absolute atomic E-state index is 0.278. The molecule has 9 nitrogen and oxygen atoms in total. The number of aliphatic carboxylic acids is 2. The summed E-state index contributed by atoms with van der Waals surface area (Å²) in [5.41, 5.74) is 0.278. The number of nitrogens with zero attached hydrogens (tertiary/aromatic N) is 1. The molecule has 0 spiro atoms. The highest BCUT2D eigenvalue weighted by molar-refractivity contribution is 7.87. The first kappa shape index (κ1) is 18.5. The number of carboxylic acids is 2. The van der Waals surface area contributed by atoms with Crippen LogP contribution in [0.2, 0.25) is 0 Å². The number of thiophene rings is 1. The standard InChI is InChI=1S/C15H16N2O7S2/c1-15(2)9(14(22)23)17-11(19)8(12(17)26(15)24)16-10(18)7(13(20)21)6-3-4-25-5-6/h3-5,7-9,12H,1-2H3,(H,16,18)(H,20,21)(H,22,23)/t7-,8-,9+,12-,26?/m1/s1. The molecular weight excluding hydrogens is 384 g/mol. The summed E-state index contributed by atoms with van der Waals surface area (Å²) in [5.74, 6) is -5.72. The zero-order valence-corrected chi connectivity index (χ0v) is 15.4. The lowest BCUT2D eigenvalue weighted by Crippen LogP contribution is -2.72. The van der Waals surface area contributed by atoms with Crippen molar-refractivity contribution in [1.82, 2.24) is 10.2 Å². The van der Waals surface area contributed by atoms with Gasteiger partial charge in [-0.3, -0.25) is 18.6 Å². The predicted octanol–water partition coefficient (Wildman–Crippen LogP) is -0.436. The molecule has 3 heterocycles. The van der Waals surface area contributed by atoms with E-state index < -0.39 is 62.7 Å². The van der Waals surface area contributed by atoms with Crippen molar-refractivity contribution in [2.24, 2.45) is 0 Å². The predicted molar refractivity (Wildman–Crippen MR) is 90.9 cm³/mol. The molecular formula is C15H16N2O7S2. The number of rotatable bonds is 5. The lowest BCUT2D eigenvalue weighted by atomic mass is 9.95. The Morgan fingerprint density at radius 3 is 2.50 bits per heavy atom. The van der Waals surface area contributed by atoms with Crippen molar-refractivity contribution in [3.63, 3.8) is 0 Å². The molecule has 0 bridgehead atoms. The van der Waals surface area contributed by atoms with Crippen LogP contribution in [0.3, 0.4) is 0 Å². The van der Waals surface area contributed by atoms with Crippen molar-refractivity contribution in [2.75, 3.05) is 0 Å². The van der Waals surface area contributed by atoms with Gasteiger partial charge in [0.15, 0.2) is 5.92 Å². The third-order valence-corrected chi connectivity index (χ3v) is 7.57. The summed E-state index contributed by atoms with van der Waals surface area (Å²) in [6, 6.07) is -0.969. The molecule has 2 aliphatic heterocycles. The zero-order chi connectivity index (χ0) is 19.4. The van der Waals surface area contributed by atoms with Gasteiger partial charge in [0.2, 0.25) is 11.8 Å². The van der Waals surface area contributed by atoms with E-state index in [0.29, 0.717) is 0 Å². The van der Waals surface area contributed by atoms with Crippen molar-refractivity contribution in [2.45, 2.75) is 42.0 Å². The molecule has 1 aromatic rings. The SMILES string of the molecule is CC1(C)[C@H](C(=O)O)N2C(=O)[C@@H](NC(=O)[C@H](C(=O)O)c3ccsc3)[C@H]2S1=O. The number of nitrogens with one attached hydrogen (secondary N) is 1. The van der Waals surface area contributed by atoms with Crippen molar-refractivity contribution in [3.05, 3.63) is 22.4 Å². The molecule has 2 fully saturated rings. The molecule has 0 aliphatic carbocycles. The van der Waals surface area contributed by atoms with Crippen molar-refractivity contribution in [1.29, 1.82) is 0 Å². The van der Waals surface area contributed by atoms with Gasteiger partial charge in [-0.05, 0) is 36.2 Å². The van der Waals surface area contributed by atoms with Crippen molar-refractivity contribution in [3.8, 4) is 0 Å². The van der Waals surface area contributed by atoms with Crippen LogP contribution >= 0.6 is 11.3 Å². The fourth-order valence-electron chi connectivity index (χ4n) is 3.37. The average Bonchev–Trinajstić information content (AvgIpc) is 3.10. The highest BCUT2D eigenvalue weighted by Gasteiger charge is 2.68. The maximum Gasteiger partial charge on any atom is 0.328 e. The first-order valence-electron chi connectivity index (χ1n) is 7.60. The molecule has 2 saturated heterocycles. The average molecular weight is 400 g/mol. The second-order valence-electron chi connectivity index (χ2n) is 6.59. The van der Waals surface area contributed by atoms with E-state index in [9.17, 15) is 33.6 Å². The first-order valence-corrected chi connectivity index (χ1v) is 9.75. The Morgan fingerprint density at radius 1 is 1.35 bits per heavy atom. The van der Waals surface area contributed by atoms with E-state index >= 15 is 0 Å². The van der Waals surface area contributed by atoms with Crippen molar-refractivity contribution < 1.29 is 33.6 Å². The van der Waals surface area contributed by atoms with Crippen LogP contribution in [-0.4, -0.2) is 65.3 Å². The Hall–Kier alpha value is -2.27. The fraction of sp³-hybridized carbons (Fsp3) is 0.467. The molecule has 0 aromatic carbocycles. The molecule has 11 heteroatoms. The Balaban J connectivity index is 1.83. The van der Waals surface area contributed by atoms with E-state index in [0.717, 1.165) is 4.90 Å². The van der Waals surface area contributed by atoms with Crippen LogP contribution in [0.1, 0.15) is 25.3 Å². The summed E-state index contributed by atoms with van der Waals surface area (Å²) in [5, 5.41) is 23.2. The largest absolute Gasteiger partial charge is 0.480 e. The number of carbonyl (C=O) groups is 4. The van der Waals surface area contributed by atoms with Crippen LogP contribution in [0.4, 0.5) is 0 Å². The van der Waals surface area contributed by atoms with Gasteiger partial charge in [-0.2, -0.15) is 11.3 Å². The summed E-state index contributed by atoms with van der Waals surface area (Å²) in [6.45, 7) is 2.97. The van der Waals surface area contributed by atoms with Gasteiger partial charge in [0.1, 0.15) is 17.5 Å². The maximum atomic E-state index is 12.7. The van der Waals surface area contributed by atoms with E-state index in [-0.39, 0.29) is 5.56 Å². The van der Waals surface area contributed by atoms with Crippen LogP contribution in [0, 0.1) is 0 Å². The molecule has 1 aromatic heterocycles. The summed E-state index contributed by atoms with van der Waals surface area (Å²) in [6.07, 6.45) is 0. The van der Waals surface area contributed by atoms with Gasteiger partial charge >= 0.3 is 11.9 Å². The minimum Gasteiger partial charge on any atom is -0.480 e. The zero-order valence-electron chi connectivity index (χ0n) is 13.7. The topological polar surface area (TPSA) is 141 Å². The quantitative estimate of drug-likeness (QED) is 0.449. The van der Waals surface area contributed by atoms with Crippen LogP contribution in [0.5, 0.6) is 0 Å². The molecule has 26 heavy (non-hydrogen) atoms. The first-order chi connectivity index (χ1) is 12.1. The summed E-state index contributed by atoms with van der Waals surface area (Å²) >= 11 is 1.23. The number of fused-ring (bicyclic) bond motifs is 1. The second-order valence-corrected chi connectivity index (χ2v) is 9.50. The van der Waals surface area contributed by atoms with E-state index in [1.54, 1.807) is 5.38 Å². The summed E-state index contributed by atoms with van der Waals surface area (Å²) in [7, 11) is -1.74. The number of hydrogen-bond donors (Lipinski definition) is 3. The fourth-order valence-corrected chi connectivity index (χ4v) is 5.98. The molecule has 5 atom stereocenters. The third-order valence-electron chi connectivity index (χ3n) is 4.67. The van der Waals surface area contributed by atoms with Crippen LogP contribution < -0.4 is 5.32 Å². The second kappa shape index (κ2) is 6.16. The molecule has 2 amide bonds. The molecule has 140 valence electrons. The monoisotopic (exact) mass is 400 g/mol. The van der Waals surface area contributed by atoms with Gasteiger partial charge in [-0.15, -0.1) is 0 Å². The lowest BCUT2D eigenvalue weighted by molar-refractivity contribution is -0.161. The third kappa shape index (κ3) is 2.53. The van der Waals surface area contributed by atoms with E-state index in [2.05, 4.69) is 5.32 Å². The Bertz CT molecular complexity index is 820. The molecule has 1 unspecified atom stereocenters. The molecule has 0 saturated carbocycles. The van der Waals surface area contributed by atoms with E-state index in [1.807, 2.05) is 0 Å². The number of β-lactam (4-membered cyclic amide) rings is 1. The highest BCUT2D eigenvalue weighted by atomic mass is 32.2. The summed E-state index contributed by atoms with van der Waals surface area (Å²) < 4.78 is 11.5. The van der Waals surface area contributed by atoms with Gasteiger partial charge in [-0.1, -0.05) is 0 Å². The molecule has 2 aliphatic rings. The maximum absolute atomic E-state index is 12.7. The highest BCUT2D eigenvalue weighted by Crippen LogP contribution is 2.43. The Kier molecular flexibility index (Phi) is 4.39. The number of amides is 2. The molecule has 3 N–H and O–H groups in total. The van der Waals surface area contributed by atoms with E-state index in [1.165, 1.54) is 36.6 Å². The van der Waals surface area contributed by atoms with Gasteiger partial charge in [0, 0.05) is 0 Å². The van der Waals surface area contributed by atoms with E-state index in [4.69, 9.17) is 0 Å². The van der Waals surface area contributed by atoms with Gasteiger partial charge in [0.25, 0.3) is 0 Å². The normalized spacial score (nSPS) is 30.2. The van der Waals surface area contributed by atoms with Crippen molar-refractivity contribution >= 4 is 45.9 Å². The number of hydrogen-bond acceptors (Lipinski definition) is 6. The number of carbonyl (C=O) groups excluding carboxylic acids is 2. The minimum atomic E-state index is -1.74. The van der Waals surface area contributed by atoms with Gasteiger partial charge in [0.05, 0.1) is 15.5 Å². The molecule has 3 rings (SSSR count). The Labute approximate surface area is 154 Å². The van der Waals surface area contributed by atoms with Crippen LogP contribution in [-0.2, 0) is 30.0 Å². The molecule has 0 radical (unpaired) electrons. The Morgan fingerprint density at radius 2 is 2.00 bits per heavy atom. The van der Waals surface area contributed by atoms with Crippen LogP contribution in [0.25, 0.3) is 0 Å². The lowest BCUT2D eigenvalue weighted by Gasteiger charge is -2.43. The van der Waals surface area contributed by atoms with Crippen LogP contribution in [0.15, 0.2) is 16.8 Å². The van der Waals surface area contributed by atoms with Gasteiger partial charge in [-0.25, -0.2) is 4.79 Å².